The molecule has 6 nitrogen and oxygen atoms in total. The van der Waals surface area contributed by atoms with Gasteiger partial charge in [-0.05, 0) is 30.7 Å². The molecule has 0 unspecified atom stereocenters. The van der Waals surface area contributed by atoms with Crippen molar-refractivity contribution < 1.29 is 29.2 Å². The molecule has 0 amide bonds. The highest BCUT2D eigenvalue weighted by molar-refractivity contribution is 7.79. The van der Waals surface area contributed by atoms with Crippen molar-refractivity contribution in [3.05, 3.63) is 29.3 Å². The molecule has 1 aliphatic rings. The van der Waals surface area contributed by atoms with E-state index < -0.39 is 24.6 Å². The Hall–Kier alpha value is -0.960. The van der Waals surface area contributed by atoms with Crippen LogP contribution in [0.4, 0.5) is 0 Å². The van der Waals surface area contributed by atoms with Crippen molar-refractivity contribution in [2.75, 3.05) is 13.2 Å². The summed E-state index contributed by atoms with van der Waals surface area (Å²) in [6.45, 7) is 2.33. The number of thiocarbonyl (C=S) groups is 1. The topological polar surface area (TPSA) is 77.4 Å². The van der Waals surface area contributed by atoms with E-state index in [9.17, 15) is 10.2 Å². The van der Waals surface area contributed by atoms with Gasteiger partial charge < -0.3 is 29.2 Å². The monoisotopic (exact) mass is 362 g/mol. The van der Waals surface area contributed by atoms with Crippen LogP contribution in [0.5, 0.6) is 5.75 Å². The highest BCUT2D eigenvalue weighted by Crippen LogP contribution is 2.22. The van der Waals surface area contributed by atoms with E-state index in [2.05, 4.69) is 0 Å². The standard InChI is InChI=1S/C15H19ClO6S/c1-2-7-19-14-13(12(18)11(17)8-20-14)22-15(23)21-10-5-3-9(16)4-6-10/h3-6,11-14,17-18H,2,7-8H2,1H3/t11-,12+,13-,14+/m1/s1. The van der Waals surface area contributed by atoms with E-state index in [4.69, 9.17) is 42.8 Å². The van der Waals surface area contributed by atoms with E-state index in [1.807, 2.05) is 6.92 Å². The molecule has 0 aliphatic carbocycles. The Morgan fingerprint density at radius 1 is 1.35 bits per heavy atom. The third-order valence-electron chi connectivity index (χ3n) is 3.16. The second-order valence-corrected chi connectivity index (χ2v) is 5.79. The second-order valence-electron chi connectivity index (χ2n) is 5.02. The maximum Gasteiger partial charge on any atom is 0.358 e. The van der Waals surface area contributed by atoms with Gasteiger partial charge in [0.05, 0.1) is 6.61 Å². The van der Waals surface area contributed by atoms with Gasteiger partial charge in [-0.25, -0.2) is 0 Å². The van der Waals surface area contributed by atoms with Gasteiger partial charge in [-0.3, -0.25) is 0 Å². The molecular formula is C15H19ClO6S. The molecule has 0 aromatic heterocycles. The molecule has 1 aromatic carbocycles. The van der Waals surface area contributed by atoms with E-state index in [0.717, 1.165) is 6.42 Å². The van der Waals surface area contributed by atoms with Crippen LogP contribution in [-0.4, -0.2) is 53.3 Å². The maximum absolute atomic E-state index is 10.1. The van der Waals surface area contributed by atoms with Gasteiger partial charge in [0.25, 0.3) is 0 Å². The third kappa shape index (κ3) is 5.27. The van der Waals surface area contributed by atoms with Gasteiger partial charge in [0.1, 0.15) is 18.0 Å². The molecule has 0 bridgehead atoms. The first-order valence-corrected chi connectivity index (χ1v) is 8.03. The molecule has 23 heavy (non-hydrogen) atoms. The third-order valence-corrected chi connectivity index (χ3v) is 3.60. The number of benzene rings is 1. The van der Waals surface area contributed by atoms with E-state index in [0.29, 0.717) is 17.4 Å². The summed E-state index contributed by atoms with van der Waals surface area (Å²) in [7, 11) is 0. The van der Waals surface area contributed by atoms with Crippen LogP contribution in [0, 0.1) is 0 Å². The van der Waals surface area contributed by atoms with Gasteiger partial charge in [0, 0.05) is 23.8 Å². The smallest absolute Gasteiger partial charge is 0.358 e. The zero-order valence-corrected chi connectivity index (χ0v) is 14.1. The summed E-state index contributed by atoms with van der Waals surface area (Å²) in [6, 6.07) is 6.56. The van der Waals surface area contributed by atoms with Crippen molar-refractivity contribution in [3.63, 3.8) is 0 Å². The van der Waals surface area contributed by atoms with Crippen LogP contribution < -0.4 is 4.74 Å². The Morgan fingerprint density at radius 2 is 2.04 bits per heavy atom. The SMILES string of the molecule is CCCO[C@H]1OC[C@@H](O)[C@H](O)[C@H]1OC(=S)Oc1ccc(Cl)cc1. The molecule has 128 valence electrons. The van der Waals surface area contributed by atoms with Crippen molar-refractivity contribution in [2.24, 2.45) is 0 Å². The Bertz CT molecular complexity index is 509. The predicted molar refractivity (Wildman–Crippen MR) is 87.5 cm³/mol. The molecule has 0 spiro atoms. The maximum atomic E-state index is 10.1. The summed E-state index contributed by atoms with van der Waals surface area (Å²) in [5, 5.41) is 20.2. The summed E-state index contributed by atoms with van der Waals surface area (Å²) >= 11 is 10.8. The van der Waals surface area contributed by atoms with Gasteiger partial charge in [0.15, 0.2) is 12.4 Å². The Labute approximate surface area is 144 Å². The van der Waals surface area contributed by atoms with Gasteiger partial charge in [-0.1, -0.05) is 18.5 Å². The normalized spacial score (nSPS) is 27.5. The van der Waals surface area contributed by atoms with Gasteiger partial charge in [0.2, 0.25) is 0 Å². The largest absolute Gasteiger partial charge is 0.445 e. The van der Waals surface area contributed by atoms with Gasteiger partial charge >= 0.3 is 5.24 Å². The molecule has 1 fully saturated rings. The second kappa shape index (κ2) is 8.77. The van der Waals surface area contributed by atoms with E-state index in [1.165, 1.54) is 0 Å². The summed E-state index contributed by atoms with van der Waals surface area (Å²) in [5.74, 6) is 0.442. The molecule has 1 saturated heterocycles. The fourth-order valence-electron chi connectivity index (χ4n) is 2.00. The van der Waals surface area contributed by atoms with Crippen LogP contribution in [0.25, 0.3) is 0 Å². The van der Waals surface area contributed by atoms with Crippen LogP contribution in [-0.2, 0) is 14.2 Å². The highest BCUT2D eigenvalue weighted by Gasteiger charge is 2.42. The fourth-order valence-corrected chi connectivity index (χ4v) is 2.34. The summed E-state index contributed by atoms with van der Waals surface area (Å²) < 4.78 is 21.6. The first-order chi connectivity index (χ1) is 11.0. The van der Waals surface area contributed by atoms with Gasteiger partial charge in [-0.2, -0.15) is 0 Å². The lowest BCUT2D eigenvalue weighted by molar-refractivity contribution is -0.267. The minimum atomic E-state index is -1.20. The van der Waals surface area contributed by atoms with Crippen molar-refractivity contribution in [3.8, 4) is 5.75 Å². The van der Waals surface area contributed by atoms with Crippen molar-refractivity contribution in [1.82, 2.24) is 0 Å². The zero-order chi connectivity index (χ0) is 16.8. The molecule has 2 N–H and O–H groups in total. The van der Waals surface area contributed by atoms with Crippen LogP contribution in [0.2, 0.25) is 5.02 Å². The van der Waals surface area contributed by atoms with Crippen molar-refractivity contribution in [1.29, 1.82) is 0 Å². The molecule has 0 radical (unpaired) electrons. The minimum Gasteiger partial charge on any atom is -0.445 e. The highest BCUT2D eigenvalue weighted by atomic mass is 35.5. The molecule has 1 aromatic rings. The van der Waals surface area contributed by atoms with Crippen molar-refractivity contribution >= 4 is 29.1 Å². The number of aliphatic hydroxyl groups excluding tert-OH is 2. The van der Waals surface area contributed by atoms with E-state index in [1.54, 1.807) is 24.3 Å². The average Bonchev–Trinajstić information content (AvgIpc) is 2.53. The Balaban J connectivity index is 1.97. The van der Waals surface area contributed by atoms with Gasteiger partial charge in [-0.15, -0.1) is 0 Å². The predicted octanol–water partition coefficient (Wildman–Crippen LogP) is 1.89. The molecule has 1 heterocycles. The Morgan fingerprint density at radius 3 is 2.70 bits per heavy atom. The molecule has 8 heteroatoms. The lowest BCUT2D eigenvalue weighted by Gasteiger charge is -2.37. The van der Waals surface area contributed by atoms with Crippen LogP contribution >= 0.6 is 23.8 Å². The fraction of sp³-hybridized carbons (Fsp3) is 0.533. The van der Waals surface area contributed by atoms with Crippen molar-refractivity contribution in [2.45, 2.75) is 37.9 Å². The summed E-state index contributed by atoms with van der Waals surface area (Å²) in [6.07, 6.45) is -3.32. The number of halogens is 1. The number of aliphatic hydroxyl groups is 2. The molecule has 2 rings (SSSR count). The van der Waals surface area contributed by atoms with Crippen LogP contribution in [0.3, 0.4) is 0 Å². The van der Waals surface area contributed by atoms with E-state index in [-0.39, 0.29) is 11.8 Å². The minimum absolute atomic E-state index is 0.0415. The molecule has 0 saturated carbocycles. The van der Waals surface area contributed by atoms with Crippen LogP contribution in [0.1, 0.15) is 13.3 Å². The molecular weight excluding hydrogens is 344 g/mol. The number of ether oxygens (including phenoxy) is 4. The Kier molecular flexibility index (Phi) is 7.01. The molecule has 4 atom stereocenters. The number of hydrogen-bond acceptors (Lipinski definition) is 7. The van der Waals surface area contributed by atoms with Crippen LogP contribution in [0.15, 0.2) is 24.3 Å². The molecule has 1 aliphatic heterocycles. The number of hydrogen-bond donors (Lipinski definition) is 2. The number of rotatable bonds is 5. The first kappa shape index (κ1) is 18.4. The summed E-state index contributed by atoms with van der Waals surface area (Å²) in [4.78, 5) is 0. The lowest BCUT2D eigenvalue weighted by Crippen LogP contribution is -2.55. The quantitative estimate of drug-likeness (QED) is 0.774. The summed E-state index contributed by atoms with van der Waals surface area (Å²) in [5.41, 5.74) is 0. The first-order valence-electron chi connectivity index (χ1n) is 7.24. The lowest BCUT2D eigenvalue weighted by atomic mass is 10.1. The zero-order valence-electron chi connectivity index (χ0n) is 12.6. The van der Waals surface area contributed by atoms with E-state index >= 15 is 0 Å². The average molecular weight is 363 g/mol.